The maximum atomic E-state index is 6.36. The minimum Gasteiger partial charge on any atom is -0.490 e. The summed E-state index contributed by atoms with van der Waals surface area (Å²) in [5.74, 6) is 1.99. The Morgan fingerprint density at radius 3 is 2.89 bits per heavy atom. The van der Waals surface area contributed by atoms with E-state index in [1.54, 1.807) is 0 Å². The van der Waals surface area contributed by atoms with Gasteiger partial charge in [-0.1, -0.05) is 37.8 Å². The van der Waals surface area contributed by atoms with E-state index < -0.39 is 0 Å². The Balaban J connectivity index is 1.60. The molecule has 0 amide bonds. The van der Waals surface area contributed by atoms with Gasteiger partial charge in [0.1, 0.15) is 11.9 Å². The molecule has 2 nitrogen and oxygen atoms in total. The van der Waals surface area contributed by atoms with Crippen LogP contribution in [0.3, 0.4) is 0 Å². The number of hydrogen-bond donors (Lipinski definition) is 1. The van der Waals surface area contributed by atoms with Gasteiger partial charge in [0.05, 0.1) is 0 Å². The predicted octanol–water partition coefficient (Wildman–Crippen LogP) is 3.98. The third-order valence-corrected chi connectivity index (χ3v) is 4.71. The second-order valence-corrected chi connectivity index (χ2v) is 6.33. The first-order chi connectivity index (χ1) is 9.22. The van der Waals surface area contributed by atoms with Gasteiger partial charge in [0.2, 0.25) is 0 Å². The molecule has 0 spiro atoms. The van der Waals surface area contributed by atoms with E-state index in [1.807, 2.05) is 0 Å². The molecule has 1 fully saturated rings. The molecule has 2 atom stereocenters. The van der Waals surface area contributed by atoms with E-state index in [1.165, 1.54) is 43.2 Å². The summed E-state index contributed by atoms with van der Waals surface area (Å²) in [6.07, 6.45) is 9.45. The van der Waals surface area contributed by atoms with Crippen molar-refractivity contribution in [3.05, 3.63) is 29.3 Å². The van der Waals surface area contributed by atoms with Gasteiger partial charge in [-0.05, 0) is 42.9 Å². The molecule has 1 aromatic rings. The van der Waals surface area contributed by atoms with Crippen molar-refractivity contribution in [3.8, 4) is 5.75 Å². The largest absolute Gasteiger partial charge is 0.490 e. The van der Waals surface area contributed by atoms with Crippen molar-refractivity contribution in [1.82, 2.24) is 0 Å². The molecule has 0 bridgehead atoms. The van der Waals surface area contributed by atoms with Gasteiger partial charge in [0.25, 0.3) is 0 Å². The fraction of sp³-hybridized carbons (Fsp3) is 0.647. The van der Waals surface area contributed by atoms with E-state index in [9.17, 15) is 0 Å². The highest BCUT2D eigenvalue weighted by Crippen LogP contribution is 2.33. The quantitative estimate of drug-likeness (QED) is 0.887. The fourth-order valence-corrected chi connectivity index (χ4v) is 3.55. The molecule has 2 N–H and O–H groups in total. The second kappa shape index (κ2) is 5.54. The summed E-state index contributed by atoms with van der Waals surface area (Å²) in [7, 11) is 0. The van der Waals surface area contributed by atoms with E-state index in [2.05, 4.69) is 25.1 Å². The third kappa shape index (κ3) is 2.94. The Morgan fingerprint density at radius 2 is 2.11 bits per heavy atom. The molecule has 1 aliphatic carbocycles. The summed E-state index contributed by atoms with van der Waals surface area (Å²) in [6, 6.07) is 6.71. The normalized spacial score (nSPS) is 24.2. The van der Waals surface area contributed by atoms with Crippen molar-refractivity contribution in [2.45, 2.75) is 64.0 Å². The van der Waals surface area contributed by atoms with Gasteiger partial charge >= 0.3 is 0 Å². The van der Waals surface area contributed by atoms with Crippen molar-refractivity contribution in [2.75, 3.05) is 0 Å². The van der Waals surface area contributed by atoms with Crippen LogP contribution in [-0.4, -0.2) is 6.10 Å². The minimum atomic E-state index is 0.196. The first kappa shape index (κ1) is 13.0. The highest BCUT2D eigenvalue weighted by Gasteiger charge is 2.21. The maximum Gasteiger partial charge on any atom is 0.123 e. The van der Waals surface area contributed by atoms with Crippen LogP contribution in [0.4, 0.5) is 0 Å². The van der Waals surface area contributed by atoms with Gasteiger partial charge in [0, 0.05) is 12.5 Å². The van der Waals surface area contributed by atoms with E-state index in [0.717, 1.165) is 24.5 Å². The molecule has 0 radical (unpaired) electrons. The van der Waals surface area contributed by atoms with Crippen LogP contribution >= 0.6 is 0 Å². The summed E-state index contributed by atoms with van der Waals surface area (Å²) in [5.41, 5.74) is 8.98. The van der Waals surface area contributed by atoms with Crippen molar-refractivity contribution < 1.29 is 4.74 Å². The van der Waals surface area contributed by atoms with Crippen LogP contribution in [0.5, 0.6) is 5.75 Å². The number of hydrogen-bond acceptors (Lipinski definition) is 2. The standard InChI is InChI=1S/C17H25NO/c1-12-10-15-11-14(7-9-17(15)19-12)16(18)8-6-13-4-2-3-5-13/h7,9,11-13,16H,2-6,8,10,18H2,1H3. The number of nitrogens with two attached hydrogens (primary N) is 1. The third-order valence-electron chi connectivity index (χ3n) is 4.71. The Morgan fingerprint density at radius 1 is 1.32 bits per heavy atom. The van der Waals surface area contributed by atoms with E-state index in [0.29, 0.717) is 6.10 Å². The molecule has 2 heteroatoms. The maximum absolute atomic E-state index is 6.36. The van der Waals surface area contributed by atoms with Crippen LogP contribution in [-0.2, 0) is 6.42 Å². The lowest BCUT2D eigenvalue weighted by Gasteiger charge is -2.15. The summed E-state index contributed by atoms with van der Waals surface area (Å²) < 4.78 is 5.74. The van der Waals surface area contributed by atoms with Gasteiger partial charge < -0.3 is 10.5 Å². The smallest absolute Gasteiger partial charge is 0.123 e. The molecule has 1 heterocycles. The molecule has 1 aliphatic heterocycles. The number of ether oxygens (including phenoxy) is 1. The highest BCUT2D eigenvalue weighted by molar-refractivity contribution is 5.41. The predicted molar refractivity (Wildman–Crippen MR) is 78.4 cm³/mol. The monoisotopic (exact) mass is 259 g/mol. The Kier molecular flexibility index (Phi) is 3.79. The molecule has 104 valence electrons. The van der Waals surface area contributed by atoms with Gasteiger partial charge in [0.15, 0.2) is 0 Å². The Hall–Kier alpha value is -1.02. The average molecular weight is 259 g/mol. The molecule has 3 rings (SSSR count). The molecule has 2 unspecified atom stereocenters. The van der Waals surface area contributed by atoms with Crippen molar-refractivity contribution >= 4 is 0 Å². The zero-order chi connectivity index (χ0) is 13.2. The van der Waals surface area contributed by atoms with Crippen LogP contribution in [0.25, 0.3) is 0 Å². The zero-order valence-corrected chi connectivity index (χ0v) is 11.9. The van der Waals surface area contributed by atoms with Crippen LogP contribution in [0.2, 0.25) is 0 Å². The zero-order valence-electron chi connectivity index (χ0n) is 11.9. The molecule has 19 heavy (non-hydrogen) atoms. The van der Waals surface area contributed by atoms with Gasteiger partial charge in [-0.3, -0.25) is 0 Å². The van der Waals surface area contributed by atoms with Crippen LogP contribution in [0.15, 0.2) is 18.2 Å². The van der Waals surface area contributed by atoms with Crippen molar-refractivity contribution in [3.63, 3.8) is 0 Å². The van der Waals surface area contributed by atoms with E-state index in [4.69, 9.17) is 10.5 Å². The van der Waals surface area contributed by atoms with Crippen LogP contribution < -0.4 is 10.5 Å². The lowest BCUT2D eigenvalue weighted by atomic mass is 9.94. The number of rotatable bonds is 4. The summed E-state index contributed by atoms with van der Waals surface area (Å²) >= 11 is 0. The molecule has 2 aliphatic rings. The first-order valence-corrected chi connectivity index (χ1v) is 7.77. The highest BCUT2D eigenvalue weighted by atomic mass is 16.5. The summed E-state index contributed by atoms with van der Waals surface area (Å²) in [5, 5.41) is 0. The van der Waals surface area contributed by atoms with Crippen LogP contribution in [0.1, 0.15) is 62.6 Å². The van der Waals surface area contributed by atoms with Gasteiger partial charge in [-0.25, -0.2) is 0 Å². The SMILES string of the molecule is CC1Cc2cc(C(N)CCC3CCCC3)ccc2O1. The molecule has 0 saturated heterocycles. The topological polar surface area (TPSA) is 35.2 Å². The Labute approximate surface area is 116 Å². The van der Waals surface area contributed by atoms with Crippen LogP contribution in [0, 0.1) is 5.92 Å². The summed E-state index contributed by atoms with van der Waals surface area (Å²) in [6.45, 7) is 2.12. The second-order valence-electron chi connectivity index (χ2n) is 6.33. The molecular formula is C17H25NO. The van der Waals surface area contributed by atoms with Crippen molar-refractivity contribution in [1.29, 1.82) is 0 Å². The molecule has 0 aromatic heterocycles. The van der Waals surface area contributed by atoms with E-state index >= 15 is 0 Å². The Bertz CT molecular complexity index is 437. The summed E-state index contributed by atoms with van der Waals surface area (Å²) in [4.78, 5) is 0. The minimum absolute atomic E-state index is 0.196. The lowest BCUT2D eigenvalue weighted by Crippen LogP contribution is -2.12. The lowest BCUT2D eigenvalue weighted by molar-refractivity contribution is 0.254. The first-order valence-electron chi connectivity index (χ1n) is 7.77. The molecule has 1 saturated carbocycles. The molecular weight excluding hydrogens is 234 g/mol. The average Bonchev–Trinajstić information content (AvgIpc) is 3.02. The fourth-order valence-electron chi connectivity index (χ4n) is 3.55. The van der Waals surface area contributed by atoms with Gasteiger partial charge in [-0.2, -0.15) is 0 Å². The van der Waals surface area contributed by atoms with Gasteiger partial charge in [-0.15, -0.1) is 0 Å². The number of benzene rings is 1. The van der Waals surface area contributed by atoms with E-state index in [-0.39, 0.29) is 6.04 Å². The number of fused-ring (bicyclic) bond motifs is 1. The molecule has 1 aromatic carbocycles. The van der Waals surface area contributed by atoms with Crippen molar-refractivity contribution in [2.24, 2.45) is 11.7 Å².